The number of sulfonamides is 1. The van der Waals surface area contributed by atoms with Gasteiger partial charge in [-0.25, -0.2) is 8.42 Å². The molecule has 0 bridgehead atoms. The van der Waals surface area contributed by atoms with Crippen molar-refractivity contribution in [2.75, 3.05) is 44.1 Å². The Kier molecular flexibility index (Phi) is 5.57. The molecule has 0 spiro atoms. The topological polar surface area (TPSA) is 94.2 Å². The van der Waals surface area contributed by atoms with E-state index in [9.17, 15) is 13.2 Å². The molecule has 1 saturated heterocycles. The average molecular weight is 437 g/mol. The molecule has 2 aromatic carbocycles. The van der Waals surface area contributed by atoms with Crippen LogP contribution >= 0.6 is 11.8 Å². The Bertz CT molecular complexity index is 1030. The fourth-order valence-electron chi connectivity index (χ4n) is 3.13. The minimum Gasteiger partial charge on any atom is -0.454 e. The molecule has 10 heteroatoms. The van der Waals surface area contributed by atoms with Crippen molar-refractivity contribution in [3.05, 3.63) is 42.0 Å². The van der Waals surface area contributed by atoms with E-state index in [0.29, 0.717) is 49.1 Å². The normalized spacial score (nSPS) is 16.0. The fraction of sp³-hybridized carbons (Fsp3) is 0.316. The van der Waals surface area contributed by atoms with Crippen LogP contribution in [0.3, 0.4) is 0 Å². The quantitative estimate of drug-likeness (QED) is 0.720. The molecule has 1 amide bonds. The first-order valence-corrected chi connectivity index (χ1v) is 11.7. The van der Waals surface area contributed by atoms with Gasteiger partial charge in [0.15, 0.2) is 11.5 Å². The second kappa shape index (κ2) is 8.13. The van der Waals surface area contributed by atoms with Crippen molar-refractivity contribution in [2.45, 2.75) is 9.79 Å². The summed E-state index contributed by atoms with van der Waals surface area (Å²) in [7, 11) is -3.89. The van der Waals surface area contributed by atoms with Crippen molar-refractivity contribution in [3.63, 3.8) is 0 Å². The van der Waals surface area contributed by atoms with Gasteiger partial charge in [-0.3, -0.25) is 9.52 Å². The van der Waals surface area contributed by atoms with Crippen molar-refractivity contribution < 1.29 is 27.4 Å². The van der Waals surface area contributed by atoms with E-state index in [4.69, 9.17) is 14.2 Å². The number of nitrogens with zero attached hydrogens (tertiary/aromatic N) is 1. The lowest BCUT2D eigenvalue weighted by molar-refractivity contribution is 0.0300. The summed E-state index contributed by atoms with van der Waals surface area (Å²) in [6, 6.07) is 9.39. The van der Waals surface area contributed by atoms with Crippen LogP contribution in [0.1, 0.15) is 10.4 Å². The summed E-state index contributed by atoms with van der Waals surface area (Å²) in [5.41, 5.74) is 0.720. The highest BCUT2D eigenvalue weighted by molar-refractivity contribution is 7.98. The Morgan fingerprint density at radius 3 is 2.59 bits per heavy atom. The maximum Gasteiger partial charge on any atom is 0.261 e. The molecule has 1 N–H and O–H groups in total. The third-order valence-electron chi connectivity index (χ3n) is 4.63. The van der Waals surface area contributed by atoms with E-state index in [2.05, 4.69) is 4.72 Å². The van der Waals surface area contributed by atoms with Crippen LogP contribution in [0.15, 0.2) is 46.2 Å². The van der Waals surface area contributed by atoms with Gasteiger partial charge in [0, 0.05) is 24.1 Å². The third-order valence-corrected chi connectivity index (χ3v) is 6.81. The molecule has 2 aliphatic rings. The molecule has 0 saturated carbocycles. The summed E-state index contributed by atoms with van der Waals surface area (Å²) in [5, 5.41) is 0. The number of amides is 1. The van der Waals surface area contributed by atoms with Crippen molar-refractivity contribution in [2.24, 2.45) is 0 Å². The highest BCUT2D eigenvalue weighted by Crippen LogP contribution is 2.35. The monoisotopic (exact) mass is 436 g/mol. The first-order chi connectivity index (χ1) is 14.0. The van der Waals surface area contributed by atoms with E-state index in [-0.39, 0.29) is 17.6 Å². The first-order valence-electron chi connectivity index (χ1n) is 8.95. The predicted molar refractivity (Wildman–Crippen MR) is 108 cm³/mol. The molecule has 0 atom stereocenters. The van der Waals surface area contributed by atoms with Gasteiger partial charge in [-0.2, -0.15) is 0 Å². The second-order valence-corrected chi connectivity index (χ2v) is 8.97. The molecule has 0 radical (unpaired) electrons. The standard InChI is InChI=1S/C19H20N2O6S2/c1-28-18-5-3-14(11-15(18)19(22)21-6-8-25-9-7-21)29(23,24)20-13-2-4-16-17(10-13)27-12-26-16/h2-5,10-11,20H,6-9,12H2,1H3. The highest BCUT2D eigenvalue weighted by Gasteiger charge is 2.24. The van der Waals surface area contributed by atoms with Crippen LogP contribution in [0.4, 0.5) is 5.69 Å². The van der Waals surface area contributed by atoms with Gasteiger partial charge in [-0.15, -0.1) is 11.8 Å². The van der Waals surface area contributed by atoms with Crippen LogP contribution in [0.5, 0.6) is 11.5 Å². The van der Waals surface area contributed by atoms with E-state index in [1.165, 1.54) is 23.9 Å². The number of anilines is 1. The molecular formula is C19H20N2O6S2. The van der Waals surface area contributed by atoms with Crippen LogP contribution < -0.4 is 14.2 Å². The summed E-state index contributed by atoms with van der Waals surface area (Å²) < 4.78 is 44.2. The van der Waals surface area contributed by atoms with Gasteiger partial charge in [0.05, 0.1) is 29.4 Å². The summed E-state index contributed by atoms with van der Waals surface area (Å²) in [6.07, 6.45) is 1.85. The van der Waals surface area contributed by atoms with Gasteiger partial charge < -0.3 is 19.1 Å². The van der Waals surface area contributed by atoms with E-state index in [1.807, 2.05) is 6.26 Å². The molecule has 29 heavy (non-hydrogen) atoms. The molecule has 0 unspecified atom stereocenters. The van der Waals surface area contributed by atoms with E-state index in [1.54, 1.807) is 29.2 Å². The second-order valence-electron chi connectivity index (χ2n) is 6.44. The summed E-state index contributed by atoms with van der Waals surface area (Å²) >= 11 is 1.40. The van der Waals surface area contributed by atoms with Crippen molar-refractivity contribution in [3.8, 4) is 11.5 Å². The molecule has 154 valence electrons. The van der Waals surface area contributed by atoms with E-state index in [0.717, 1.165) is 4.90 Å². The van der Waals surface area contributed by atoms with Crippen molar-refractivity contribution in [1.82, 2.24) is 4.90 Å². The lowest BCUT2D eigenvalue weighted by atomic mass is 10.2. The lowest BCUT2D eigenvalue weighted by Gasteiger charge is -2.27. The van der Waals surface area contributed by atoms with Crippen molar-refractivity contribution >= 4 is 33.4 Å². The van der Waals surface area contributed by atoms with Gasteiger partial charge in [-0.05, 0) is 36.6 Å². The highest BCUT2D eigenvalue weighted by atomic mass is 32.2. The smallest absolute Gasteiger partial charge is 0.261 e. The molecule has 4 rings (SSSR count). The number of fused-ring (bicyclic) bond motifs is 1. The number of morpholine rings is 1. The average Bonchev–Trinajstić information content (AvgIpc) is 3.21. The number of hydrogen-bond donors (Lipinski definition) is 1. The molecule has 2 aromatic rings. The Hall–Kier alpha value is -2.43. The molecule has 0 aromatic heterocycles. The number of carbonyl (C=O) groups is 1. The molecule has 2 aliphatic heterocycles. The largest absolute Gasteiger partial charge is 0.454 e. The number of rotatable bonds is 5. The Balaban J connectivity index is 1.62. The van der Waals surface area contributed by atoms with Crippen LogP contribution in [0.2, 0.25) is 0 Å². The van der Waals surface area contributed by atoms with Gasteiger partial charge >= 0.3 is 0 Å². The number of carbonyl (C=O) groups excluding carboxylic acids is 1. The molecule has 1 fully saturated rings. The van der Waals surface area contributed by atoms with Crippen LogP contribution in [-0.4, -0.2) is 58.6 Å². The molecule has 8 nitrogen and oxygen atoms in total. The SMILES string of the molecule is CSc1ccc(S(=O)(=O)Nc2ccc3c(c2)OCO3)cc1C(=O)N1CCOCC1. The number of hydrogen-bond acceptors (Lipinski definition) is 7. The Morgan fingerprint density at radius 1 is 1.07 bits per heavy atom. The number of nitrogens with one attached hydrogen (secondary N) is 1. The number of benzene rings is 2. The lowest BCUT2D eigenvalue weighted by Crippen LogP contribution is -2.40. The summed E-state index contributed by atoms with van der Waals surface area (Å²) in [6.45, 7) is 2.03. The summed E-state index contributed by atoms with van der Waals surface area (Å²) in [5.74, 6) is 0.847. The number of ether oxygens (including phenoxy) is 3. The Morgan fingerprint density at radius 2 is 1.83 bits per heavy atom. The first kappa shape index (κ1) is 19.9. The van der Waals surface area contributed by atoms with E-state index < -0.39 is 10.0 Å². The van der Waals surface area contributed by atoms with Gasteiger partial charge in [-0.1, -0.05) is 0 Å². The van der Waals surface area contributed by atoms with E-state index >= 15 is 0 Å². The third kappa shape index (κ3) is 4.14. The maximum absolute atomic E-state index is 13.0. The molecule has 2 heterocycles. The maximum atomic E-state index is 13.0. The zero-order valence-corrected chi connectivity index (χ0v) is 17.3. The zero-order chi connectivity index (χ0) is 20.4. The summed E-state index contributed by atoms with van der Waals surface area (Å²) in [4.78, 5) is 15.4. The molecular weight excluding hydrogens is 416 g/mol. The fourth-order valence-corrected chi connectivity index (χ4v) is 4.78. The Labute approximate surface area is 173 Å². The van der Waals surface area contributed by atoms with Crippen LogP contribution in [0.25, 0.3) is 0 Å². The van der Waals surface area contributed by atoms with Crippen LogP contribution in [0, 0.1) is 0 Å². The molecule has 0 aliphatic carbocycles. The van der Waals surface area contributed by atoms with Gasteiger partial charge in [0.2, 0.25) is 6.79 Å². The number of thioether (sulfide) groups is 1. The van der Waals surface area contributed by atoms with Gasteiger partial charge in [0.1, 0.15) is 0 Å². The van der Waals surface area contributed by atoms with Gasteiger partial charge in [0.25, 0.3) is 15.9 Å². The van der Waals surface area contributed by atoms with Crippen LogP contribution in [-0.2, 0) is 14.8 Å². The minimum absolute atomic E-state index is 0.0181. The van der Waals surface area contributed by atoms with Crippen molar-refractivity contribution in [1.29, 1.82) is 0 Å². The zero-order valence-electron chi connectivity index (χ0n) is 15.7. The minimum atomic E-state index is -3.89. The predicted octanol–water partition coefficient (Wildman–Crippen LogP) is 2.41.